The van der Waals surface area contributed by atoms with E-state index in [-0.39, 0.29) is 5.91 Å². The third-order valence-electron chi connectivity index (χ3n) is 3.16. The number of aromatic nitrogens is 1. The van der Waals surface area contributed by atoms with Gasteiger partial charge >= 0.3 is 0 Å². The second-order valence-electron chi connectivity index (χ2n) is 4.87. The van der Waals surface area contributed by atoms with E-state index in [4.69, 9.17) is 11.6 Å². The fraction of sp³-hybridized carbons (Fsp3) is 0.294. The van der Waals surface area contributed by atoms with Crippen molar-refractivity contribution in [3.05, 3.63) is 64.9 Å². The molecule has 0 fully saturated rings. The van der Waals surface area contributed by atoms with Crippen molar-refractivity contribution in [2.75, 3.05) is 11.5 Å². The van der Waals surface area contributed by atoms with Gasteiger partial charge in [0.1, 0.15) is 0 Å². The van der Waals surface area contributed by atoms with Gasteiger partial charge in [-0.1, -0.05) is 23.7 Å². The van der Waals surface area contributed by atoms with E-state index in [1.807, 2.05) is 48.8 Å². The summed E-state index contributed by atoms with van der Waals surface area (Å²) >= 11 is 7.62. The minimum atomic E-state index is 0.0892. The Morgan fingerprint density at radius 2 is 1.77 bits per heavy atom. The number of pyridine rings is 1. The van der Waals surface area contributed by atoms with Crippen molar-refractivity contribution < 1.29 is 4.79 Å². The number of benzene rings is 1. The topological polar surface area (TPSA) is 42.0 Å². The molecule has 0 radical (unpaired) electrons. The zero-order valence-electron chi connectivity index (χ0n) is 12.3. The van der Waals surface area contributed by atoms with Crippen LogP contribution in [0.15, 0.2) is 48.8 Å². The molecule has 116 valence electrons. The van der Waals surface area contributed by atoms with E-state index < -0.39 is 0 Å². The summed E-state index contributed by atoms with van der Waals surface area (Å²) < 4.78 is 0. The van der Waals surface area contributed by atoms with Gasteiger partial charge in [0, 0.05) is 36.1 Å². The van der Waals surface area contributed by atoms with E-state index in [1.165, 1.54) is 5.56 Å². The van der Waals surface area contributed by atoms with Crippen LogP contribution in [0.1, 0.15) is 17.5 Å². The molecule has 2 rings (SSSR count). The van der Waals surface area contributed by atoms with Crippen molar-refractivity contribution in [3.63, 3.8) is 0 Å². The lowest BCUT2D eigenvalue weighted by molar-refractivity contribution is -0.120. The average molecular weight is 335 g/mol. The lowest BCUT2D eigenvalue weighted by atomic mass is 10.2. The molecule has 0 saturated heterocycles. The highest BCUT2D eigenvalue weighted by atomic mass is 35.5. The summed E-state index contributed by atoms with van der Waals surface area (Å²) in [6.07, 6.45) is 5.18. The Kier molecular flexibility index (Phi) is 7.26. The molecule has 1 heterocycles. The number of nitrogens with one attached hydrogen (secondary N) is 1. The van der Waals surface area contributed by atoms with E-state index in [1.54, 1.807) is 11.8 Å². The van der Waals surface area contributed by atoms with E-state index >= 15 is 0 Å². The number of halogens is 1. The first-order valence-corrected chi connectivity index (χ1v) is 8.75. The van der Waals surface area contributed by atoms with Crippen LogP contribution in [0.3, 0.4) is 0 Å². The number of carbonyl (C=O) groups is 1. The molecule has 2 aromatic rings. The molecular formula is C17H19ClN2OS. The molecule has 1 aromatic heterocycles. The molecule has 3 nitrogen and oxygen atoms in total. The van der Waals surface area contributed by atoms with Gasteiger partial charge in [0.25, 0.3) is 0 Å². The number of hydrogen-bond acceptors (Lipinski definition) is 3. The molecule has 0 unspecified atom stereocenters. The maximum atomic E-state index is 11.8. The van der Waals surface area contributed by atoms with E-state index in [0.29, 0.717) is 18.0 Å². The first-order valence-electron chi connectivity index (χ1n) is 7.22. The predicted octanol–water partition coefficient (Wildman–Crippen LogP) is 3.72. The summed E-state index contributed by atoms with van der Waals surface area (Å²) in [4.78, 5) is 15.8. The van der Waals surface area contributed by atoms with E-state index in [9.17, 15) is 4.79 Å². The molecule has 22 heavy (non-hydrogen) atoms. The maximum Gasteiger partial charge on any atom is 0.221 e. The fourth-order valence-corrected chi connectivity index (χ4v) is 2.94. The van der Waals surface area contributed by atoms with Gasteiger partial charge in [-0.2, -0.15) is 11.8 Å². The van der Waals surface area contributed by atoms with Crippen molar-refractivity contribution in [1.82, 2.24) is 10.3 Å². The van der Waals surface area contributed by atoms with Gasteiger partial charge in [-0.25, -0.2) is 0 Å². The average Bonchev–Trinajstić information content (AvgIpc) is 2.55. The van der Waals surface area contributed by atoms with E-state index in [0.717, 1.165) is 23.5 Å². The second-order valence-corrected chi connectivity index (χ2v) is 6.53. The van der Waals surface area contributed by atoms with Crippen LogP contribution in [0.2, 0.25) is 5.02 Å². The fourth-order valence-electron chi connectivity index (χ4n) is 1.90. The highest BCUT2D eigenvalue weighted by Gasteiger charge is 2.02. The number of amides is 1. The molecule has 1 amide bonds. The molecule has 0 aliphatic carbocycles. The van der Waals surface area contributed by atoms with Crippen LogP contribution in [-0.4, -0.2) is 22.4 Å². The van der Waals surface area contributed by atoms with Gasteiger partial charge in [-0.3, -0.25) is 9.78 Å². The highest BCUT2D eigenvalue weighted by molar-refractivity contribution is 7.99. The third kappa shape index (κ3) is 6.50. The molecule has 1 aromatic carbocycles. The Balaban J connectivity index is 1.55. The zero-order valence-corrected chi connectivity index (χ0v) is 13.9. The molecule has 0 spiro atoms. The van der Waals surface area contributed by atoms with Gasteiger partial charge in [0.15, 0.2) is 0 Å². The maximum absolute atomic E-state index is 11.8. The van der Waals surface area contributed by atoms with E-state index in [2.05, 4.69) is 10.3 Å². The van der Waals surface area contributed by atoms with Gasteiger partial charge < -0.3 is 5.32 Å². The van der Waals surface area contributed by atoms with Crippen LogP contribution in [0.5, 0.6) is 0 Å². The minimum absolute atomic E-state index is 0.0892. The first kappa shape index (κ1) is 16.8. The third-order valence-corrected chi connectivity index (χ3v) is 4.40. The monoisotopic (exact) mass is 334 g/mol. The Hall–Kier alpha value is -1.52. The molecule has 1 N–H and O–H groups in total. The quantitative estimate of drug-likeness (QED) is 0.748. The number of nitrogens with zero attached hydrogens (tertiary/aromatic N) is 1. The van der Waals surface area contributed by atoms with Crippen LogP contribution in [0, 0.1) is 0 Å². The number of rotatable bonds is 8. The lowest BCUT2D eigenvalue weighted by Crippen LogP contribution is -2.23. The van der Waals surface area contributed by atoms with Crippen LogP contribution in [-0.2, 0) is 17.8 Å². The van der Waals surface area contributed by atoms with Crippen molar-refractivity contribution in [1.29, 1.82) is 0 Å². The van der Waals surface area contributed by atoms with Crippen molar-refractivity contribution >= 4 is 29.3 Å². The number of hydrogen-bond donors (Lipinski definition) is 1. The van der Waals surface area contributed by atoms with Crippen LogP contribution >= 0.6 is 23.4 Å². The number of thioether (sulfide) groups is 1. The molecule has 0 aliphatic heterocycles. The molecular weight excluding hydrogens is 316 g/mol. The molecule has 0 saturated carbocycles. The number of aryl methyl sites for hydroxylation is 1. The normalized spacial score (nSPS) is 10.4. The van der Waals surface area contributed by atoms with Crippen molar-refractivity contribution in [3.8, 4) is 0 Å². The second kappa shape index (κ2) is 9.49. The van der Waals surface area contributed by atoms with Gasteiger partial charge in [-0.15, -0.1) is 0 Å². The minimum Gasteiger partial charge on any atom is -0.352 e. The van der Waals surface area contributed by atoms with Crippen LogP contribution in [0.25, 0.3) is 0 Å². The Morgan fingerprint density at radius 1 is 1.05 bits per heavy atom. The molecule has 5 heteroatoms. The molecule has 0 aliphatic rings. The van der Waals surface area contributed by atoms with Crippen LogP contribution < -0.4 is 5.32 Å². The largest absolute Gasteiger partial charge is 0.352 e. The van der Waals surface area contributed by atoms with Gasteiger partial charge in [0.05, 0.1) is 0 Å². The van der Waals surface area contributed by atoms with Crippen molar-refractivity contribution in [2.45, 2.75) is 19.4 Å². The molecule has 0 atom stereocenters. The van der Waals surface area contributed by atoms with Gasteiger partial charge in [0.2, 0.25) is 5.91 Å². The highest BCUT2D eigenvalue weighted by Crippen LogP contribution is 2.10. The van der Waals surface area contributed by atoms with Crippen LogP contribution in [0.4, 0.5) is 0 Å². The Morgan fingerprint density at radius 3 is 2.50 bits per heavy atom. The molecule has 0 bridgehead atoms. The summed E-state index contributed by atoms with van der Waals surface area (Å²) in [5.41, 5.74) is 2.35. The summed E-state index contributed by atoms with van der Waals surface area (Å²) in [6, 6.07) is 11.6. The predicted molar refractivity (Wildman–Crippen MR) is 93.2 cm³/mol. The lowest BCUT2D eigenvalue weighted by Gasteiger charge is -2.06. The summed E-state index contributed by atoms with van der Waals surface area (Å²) in [7, 11) is 0. The standard InChI is InChI=1S/C17H19ClN2OS/c18-16-3-1-15(2-4-16)13-20-17(21)8-12-22-11-7-14-5-9-19-10-6-14/h1-6,9-10H,7-8,11-13H2,(H,20,21). The van der Waals surface area contributed by atoms with Gasteiger partial charge in [-0.05, 0) is 47.6 Å². The number of carbonyl (C=O) groups excluding carboxylic acids is 1. The Bertz CT molecular complexity index is 575. The summed E-state index contributed by atoms with van der Waals surface area (Å²) in [5.74, 6) is 1.96. The Labute approximate surface area is 140 Å². The zero-order chi connectivity index (χ0) is 15.6. The SMILES string of the molecule is O=C(CCSCCc1ccncc1)NCc1ccc(Cl)cc1. The summed E-state index contributed by atoms with van der Waals surface area (Å²) in [6.45, 7) is 0.553. The first-order chi connectivity index (χ1) is 10.7. The van der Waals surface area contributed by atoms with Crippen molar-refractivity contribution in [2.24, 2.45) is 0 Å². The smallest absolute Gasteiger partial charge is 0.221 e. The summed E-state index contributed by atoms with van der Waals surface area (Å²) in [5, 5.41) is 3.63.